The molecule has 0 radical (unpaired) electrons. The molecular weight excluding hydrogens is 470 g/mol. The molecule has 0 bridgehead atoms. The molecule has 4 aromatic rings. The predicted molar refractivity (Wildman–Crippen MR) is 133 cm³/mol. The normalized spacial score (nSPS) is 17.5. The highest BCUT2D eigenvalue weighted by atomic mass is 32.1. The maximum absolute atomic E-state index is 12.7. The van der Waals surface area contributed by atoms with Crippen molar-refractivity contribution in [2.24, 2.45) is 0 Å². The molecule has 0 saturated carbocycles. The van der Waals surface area contributed by atoms with E-state index >= 15 is 0 Å². The second-order valence-electron chi connectivity index (χ2n) is 8.30. The van der Waals surface area contributed by atoms with Crippen molar-refractivity contribution < 1.29 is 19.1 Å². The van der Waals surface area contributed by atoms with Gasteiger partial charge in [-0.1, -0.05) is 12.1 Å². The minimum Gasteiger partial charge on any atom is -0.480 e. The molecule has 1 unspecified atom stereocenters. The summed E-state index contributed by atoms with van der Waals surface area (Å²) in [5, 5.41) is 14.2. The zero-order valence-electron chi connectivity index (χ0n) is 18.5. The number of hydrogen-bond donors (Lipinski definition) is 2. The zero-order chi connectivity index (χ0) is 23.9. The summed E-state index contributed by atoms with van der Waals surface area (Å²) >= 11 is 1.38. The highest BCUT2D eigenvalue weighted by Gasteiger charge is 2.41. The Labute approximate surface area is 203 Å². The number of ether oxygens (including phenoxy) is 1. The number of morpholine rings is 1. The van der Waals surface area contributed by atoms with Gasteiger partial charge in [0.1, 0.15) is 16.6 Å². The lowest BCUT2D eigenvalue weighted by Gasteiger charge is -2.27. The van der Waals surface area contributed by atoms with Crippen LogP contribution in [0.3, 0.4) is 0 Å². The van der Waals surface area contributed by atoms with Crippen LogP contribution in [0.15, 0.2) is 57.2 Å². The fraction of sp³-hybridized carbons (Fsp3) is 0.250. The summed E-state index contributed by atoms with van der Waals surface area (Å²) in [5.41, 5.74) is 3.11. The first kappa shape index (κ1) is 21.6. The van der Waals surface area contributed by atoms with Gasteiger partial charge in [-0.25, -0.2) is 9.78 Å². The van der Waals surface area contributed by atoms with Gasteiger partial charge in [0.15, 0.2) is 11.5 Å². The lowest BCUT2D eigenvalue weighted by Crippen LogP contribution is -2.36. The fourth-order valence-electron chi connectivity index (χ4n) is 4.10. The molecule has 2 N–H and O–H groups in total. The van der Waals surface area contributed by atoms with Crippen molar-refractivity contribution in [1.29, 1.82) is 0 Å². The fourth-order valence-corrected chi connectivity index (χ4v) is 5.02. The number of aliphatic carboxylic acids is 1. The molecule has 1 atom stereocenters. The SMILES string of the molecule is O=C(O)C1CN1c1ccnc(Nc2ccc(-c3csc4c(=O)cc(N5CCOCC5)oc34)cc2)n1. The number of aromatic nitrogens is 2. The Hall–Kier alpha value is -3.96. The van der Waals surface area contributed by atoms with E-state index in [1.165, 1.54) is 11.3 Å². The third-order valence-electron chi connectivity index (χ3n) is 6.04. The van der Waals surface area contributed by atoms with Crippen molar-refractivity contribution in [3.05, 3.63) is 58.2 Å². The Kier molecular flexibility index (Phi) is 5.34. The van der Waals surface area contributed by atoms with Crippen molar-refractivity contribution >= 4 is 50.9 Å². The third-order valence-corrected chi connectivity index (χ3v) is 7.01. The van der Waals surface area contributed by atoms with Crippen LogP contribution < -0.4 is 20.5 Å². The van der Waals surface area contributed by atoms with Crippen LogP contribution in [-0.4, -0.2) is 59.9 Å². The first-order valence-corrected chi connectivity index (χ1v) is 12.0. The van der Waals surface area contributed by atoms with Crippen LogP contribution in [0.5, 0.6) is 0 Å². The molecule has 10 nitrogen and oxygen atoms in total. The van der Waals surface area contributed by atoms with Gasteiger partial charge in [-0.3, -0.25) is 4.79 Å². The summed E-state index contributed by atoms with van der Waals surface area (Å²) in [5.74, 6) is 0.663. The monoisotopic (exact) mass is 491 g/mol. The van der Waals surface area contributed by atoms with Gasteiger partial charge in [0.2, 0.25) is 11.4 Å². The third kappa shape index (κ3) is 4.19. The molecule has 2 fully saturated rings. The molecule has 2 saturated heterocycles. The predicted octanol–water partition coefficient (Wildman–Crippen LogP) is 3.16. The Morgan fingerprint density at radius 1 is 1.17 bits per heavy atom. The number of benzene rings is 1. The van der Waals surface area contributed by atoms with Crippen LogP contribution >= 0.6 is 11.3 Å². The average molecular weight is 492 g/mol. The van der Waals surface area contributed by atoms with Crippen molar-refractivity contribution in [3.8, 4) is 11.1 Å². The number of rotatable bonds is 6. The number of carbonyl (C=O) groups is 1. The van der Waals surface area contributed by atoms with Gasteiger partial charge in [0.05, 0.1) is 19.8 Å². The van der Waals surface area contributed by atoms with E-state index in [9.17, 15) is 9.59 Å². The summed E-state index contributed by atoms with van der Waals surface area (Å²) in [6.07, 6.45) is 1.60. The number of nitrogens with zero attached hydrogens (tertiary/aromatic N) is 4. The number of thiophene rings is 1. The maximum Gasteiger partial charge on any atom is 0.328 e. The molecule has 0 amide bonds. The smallest absolute Gasteiger partial charge is 0.328 e. The number of nitrogens with one attached hydrogen (secondary N) is 1. The van der Waals surface area contributed by atoms with Crippen molar-refractivity contribution in [3.63, 3.8) is 0 Å². The van der Waals surface area contributed by atoms with Crippen LogP contribution in [0.2, 0.25) is 0 Å². The average Bonchev–Trinajstić information content (AvgIpc) is 3.58. The van der Waals surface area contributed by atoms with Crippen LogP contribution in [-0.2, 0) is 9.53 Å². The van der Waals surface area contributed by atoms with Crippen LogP contribution in [0.4, 0.5) is 23.3 Å². The van der Waals surface area contributed by atoms with Gasteiger partial charge in [0, 0.05) is 42.0 Å². The minimum atomic E-state index is -0.859. The number of anilines is 4. The molecule has 11 heteroatoms. The summed E-state index contributed by atoms with van der Waals surface area (Å²) in [6.45, 7) is 3.03. The Bertz CT molecular complexity index is 1460. The lowest BCUT2D eigenvalue weighted by molar-refractivity contribution is -0.136. The summed E-state index contributed by atoms with van der Waals surface area (Å²) < 4.78 is 12.2. The topological polar surface area (TPSA) is 121 Å². The summed E-state index contributed by atoms with van der Waals surface area (Å²) in [7, 11) is 0. The van der Waals surface area contributed by atoms with Crippen LogP contribution in [0.1, 0.15) is 0 Å². The van der Waals surface area contributed by atoms with E-state index in [4.69, 9.17) is 14.3 Å². The standard InChI is InChI=1S/C24H21N5O5S/c30-18-11-20(28-7-9-33-10-8-28)34-21-16(13-35-22(18)21)14-1-3-15(4-2-14)26-24-25-6-5-19(27-24)29-12-17(29)23(31)32/h1-6,11,13,17H,7-10,12H2,(H,31,32)(H,25,26,27). The summed E-state index contributed by atoms with van der Waals surface area (Å²) in [6, 6.07) is 10.4. The number of carboxylic acid groups (broad SMARTS) is 1. The number of hydrogen-bond acceptors (Lipinski definition) is 10. The minimum absolute atomic E-state index is 0.0455. The summed E-state index contributed by atoms with van der Waals surface area (Å²) in [4.78, 5) is 36.2. The van der Waals surface area contributed by atoms with Gasteiger partial charge in [-0.15, -0.1) is 11.3 Å². The number of carboxylic acids is 1. The second kappa shape index (κ2) is 8.67. The Balaban J connectivity index is 1.24. The first-order chi connectivity index (χ1) is 17.1. The maximum atomic E-state index is 12.7. The molecular formula is C24H21N5O5S. The van der Waals surface area contributed by atoms with Gasteiger partial charge >= 0.3 is 5.97 Å². The number of fused-ring (bicyclic) bond motifs is 1. The molecule has 2 aliphatic rings. The molecule has 6 rings (SSSR count). The van der Waals surface area contributed by atoms with Crippen molar-refractivity contribution in [2.75, 3.05) is 48.0 Å². The molecule has 5 heterocycles. The van der Waals surface area contributed by atoms with Gasteiger partial charge in [0.25, 0.3) is 0 Å². The van der Waals surface area contributed by atoms with E-state index < -0.39 is 12.0 Å². The quantitative estimate of drug-likeness (QED) is 0.389. The highest BCUT2D eigenvalue weighted by molar-refractivity contribution is 7.17. The van der Waals surface area contributed by atoms with Gasteiger partial charge < -0.3 is 29.4 Å². The van der Waals surface area contributed by atoms with Crippen molar-refractivity contribution in [1.82, 2.24) is 9.97 Å². The van der Waals surface area contributed by atoms with E-state index in [1.54, 1.807) is 23.2 Å². The van der Waals surface area contributed by atoms with E-state index in [1.807, 2.05) is 34.5 Å². The van der Waals surface area contributed by atoms with Crippen LogP contribution in [0.25, 0.3) is 21.4 Å². The molecule has 0 spiro atoms. The molecule has 178 valence electrons. The molecule has 1 aromatic carbocycles. The second-order valence-corrected chi connectivity index (χ2v) is 9.18. The Morgan fingerprint density at radius 3 is 2.71 bits per heavy atom. The van der Waals surface area contributed by atoms with E-state index in [0.717, 1.165) is 16.8 Å². The first-order valence-electron chi connectivity index (χ1n) is 11.1. The molecule has 3 aromatic heterocycles. The molecule has 0 aliphatic carbocycles. The van der Waals surface area contributed by atoms with Crippen LogP contribution in [0, 0.1) is 0 Å². The Morgan fingerprint density at radius 2 is 1.97 bits per heavy atom. The lowest BCUT2D eigenvalue weighted by atomic mass is 10.1. The van der Waals surface area contributed by atoms with E-state index in [0.29, 0.717) is 60.8 Å². The van der Waals surface area contributed by atoms with E-state index in [-0.39, 0.29) is 5.43 Å². The van der Waals surface area contributed by atoms with Crippen molar-refractivity contribution in [2.45, 2.75) is 6.04 Å². The molecule has 2 aliphatic heterocycles. The van der Waals surface area contributed by atoms with Gasteiger partial charge in [-0.05, 0) is 23.8 Å². The molecule has 35 heavy (non-hydrogen) atoms. The highest BCUT2D eigenvalue weighted by Crippen LogP contribution is 2.35. The van der Waals surface area contributed by atoms with E-state index in [2.05, 4.69) is 15.3 Å². The largest absolute Gasteiger partial charge is 0.480 e. The van der Waals surface area contributed by atoms with Gasteiger partial charge in [-0.2, -0.15) is 4.98 Å². The zero-order valence-corrected chi connectivity index (χ0v) is 19.3.